The molecule has 0 saturated heterocycles. The second-order valence-electron chi connectivity index (χ2n) is 6.30. The third-order valence-electron chi connectivity index (χ3n) is 4.55. The van der Waals surface area contributed by atoms with E-state index in [0.717, 1.165) is 0 Å². The molecule has 3 aromatic rings. The molecule has 0 unspecified atom stereocenters. The van der Waals surface area contributed by atoms with Crippen molar-refractivity contribution in [2.24, 2.45) is 0 Å². The first-order valence-electron chi connectivity index (χ1n) is 8.78. The van der Waals surface area contributed by atoms with Gasteiger partial charge in [-0.25, -0.2) is 14.5 Å². The summed E-state index contributed by atoms with van der Waals surface area (Å²) in [6.07, 6.45) is -1.14. The summed E-state index contributed by atoms with van der Waals surface area (Å²) in [5, 5.41) is 18.8. The van der Waals surface area contributed by atoms with Crippen molar-refractivity contribution in [3.8, 4) is 11.4 Å². The zero-order valence-electron chi connectivity index (χ0n) is 15.8. The van der Waals surface area contributed by atoms with Crippen LogP contribution in [0.3, 0.4) is 0 Å². The van der Waals surface area contributed by atoms with Gasteiger partial charge in [0, 0.05) is 11.6 Å². The molecule has 0 radical (unpaired) electrons. The lowest BCUT2D eigenvalue weighted by molar-refractivity contribution is 0.199. The van der Waals surface area contributed by atoms with Crippen LogP contribution in [0.2, 0.25) is 5.02 Å². The maximum atomic E-state index is 12.3. The molecule has 2 heterocycles. The largest absolute Gasteiger partial charge is 0.465 e. The number of amides is 1. The van der Waals surface area contributed by atoms with Gasteiger partial charge in [-0.3, -0.25) is 4.90 Å². The fourth-order valence-corrected chi connectivity index (χ4v) is 3.32. The van der Waals surface area contributed by atoms with Crippen molar-refractivity contribution in [1.82, 2.24) is 20.0 Å². The van der Waals surface area contributed by atoms with Crippen molar-refractivity contribution >= 4 is 29.2 Å². The van der Waals surface area contributed by atoms with Crippen LogP contribution in [0, 0.1) is 6.92 Å². The van der Waals surface area contributed by atoms with Crippen molar-refractivity contribution in [2.45, 2.75) is 33.4 Å². The Morgan fingerprint density at radius 1 is 1.32 bits per heavy atom. The molecule has 1 atom stereocenters. The van der Waals surface area contributed by atoms with Gasteiger partial charge < -0.3 is 10.8 Å². The van der Waals surface area contributed by atoms with Crippen LogP contribution in [0.4, 0.5) is 16.3 Å². The van der Waals surface area contributed by atoms with E-state index in [9.17, 15) is 9.90 Å². The quantitative estimate of drug-likeness (QED) is 0.665. The lowest BCUT2D eigenvalue weighted by atomic mass is 10.1. The number of hydrogen-bond acceptors (Lipinski definition) is 5. The third kappa shape index (κ3) is 3.50. The predicted octanol–water partition coefficient (Wildman–Crippen LogP) is 4.15. The molecular weight excluding hydrogens is 380 g/mol. The van der Waals surface area contributed by atoms with Crippen molar-refractivity contribution in [1.29, 1.82) is 0 Å². The number of rotatable bonds is 5. The molecule has 0 spiro atoms. The van der Waals surface area contributed by atoms with E-state index in [1.165, 1.54) is 9.58 Å². The minimum Gasteiger partial charge on any atom is -0.465 e. The fraction of sp³-hybridized carbons (Fsp3) is 0.263. The Hall–Kier alpha value is -3.13. The molecule has 0 saturated carbocycles. The molecule has 0 aliphatic rings. The fourth-order valence-electron chi connectivity index (χ4n) is 3.02. The van der Waals surface area contributed by atoms with E-state index in [2.05, 4.69) is 15.3 Å². The van der Waals surface area contributed by atoms with Gasteiger partial charge in [-0.05, 0) is 44.5 Å². The molecule has 2 aromatic heterocycles. The molecule has 1 aromatic carbocycles. The highest BCUT2D eigenvalue weighted by molar-refractivity contribution is 6.31. The van der Waals surface area contributed by atoms with E-state index in [1.807, 2.05) is 13.0 Å². The maximum absolute atomic E-state index is 12.3. The zero-order chi connectivity index (χ0) is 20.4. The number of benzene rings is 1. The van der Waals surface area contributed by atoms with Crippen LogP contribution in [0.5, 0.6) is 0 Å². The molecule has 0 aliphatic carbocycles. The molecule has 1 amide bonds. The standard InChI is InChI=1S/C19H21ClN6O2/c1-4-25-18(17(23-24-25)16-10-9-15(21)11(2)22-16)26(19(27)28)12(3)13-7-5-6-8-14(13)20/h5-10,12H,4,21H2,1-3H3,(H,27,28)/t12-/m1/s1. The lowest BCUT2D eigenvalue weighted by Gasteiger charge is -2.28. The van der Waals surface area contributed by atoms with Crippen LogP contribution in [0.25, 0.3) is 11.4 Å². The van der Waals surface area contributed by atoms with Crippen LogP contribution >= 0.6 is 11.6 Å². The summed E-state index contributed by atoms with van der Waals surface area (Å²) in [7, 11) is 0. The topological polar surface area (TPSA) is 110 Å². The highest BCUT2D eigenvalue weighted by Gasteiger charge is 2.31. The van der Waals surface area contributed by atoms with E-state index < -0.39 is 12.1 Å². The third-order valence-corrected chi connectivity index (χ3v) is 4.90. The number of nitrogens with two attached hydrogens (primary N) is 1. The molecule has 9 heteroatoms. The summed E-state index contributed by atoms with van der Waals surface area (Å²) in [6.45, 7) is 5.86. The van der Waals surface area contributed by atoms with Gasteiger partial charge in [-0.1, -0.05) is 35.0 Å². The first kappa shape index (κ1) is 19.6. The SMILES string of the molecule is CCn1nnc(-c2ccc(N)c(C)n2)c1N(C(=O)O)[C@H](C)c1ccccc1Cl. The van der Waals surface area contributed by atoms with Gasteiger partial charge in [0.05, 0.1) is 23.1 Å². The van der Waals surface area contributed by atoms with Gasteiger partial charge >= 0.3 is 6.09 Å². The first-order chi connectivity index (χ1) is 13.3. The second-order valence-corrected chi connectivity index (χ2v) is 6.71. The minimum atomic E-state index is -1.14. The Kier molecular flexibility index (Phi) is 5.51. The van der Waals surface area contributed by atoms with E-state index in [1.54, 1.807) is 44.2 Å². The number of nitrogen functional groups attached to an aromatic ring is 1. The van der Waals surface area contributed by atoms with Crippen molar-refractivity contribution in [2.75, 3.05) is 10.6 Å². The predicted molar refractivity (Wildman–Crippen MR) is 108 cm³/mol. The van der Waals surface area contributed by atoms with E-state index in [4.69, 9.17) is 17.3 Å². The number of aryl methyl sites for hydroxylation is 2. The number of nitrogens with zero attached hydrogens (tertiary/aromatic N) is 5. The molecule has 0 aliphatic heterocycles. The zero-order valence-corrected chi connectivity index (χ0v) is 16.6. The lowest BCUT2D eigenvalue weighted by Crippen LogP contribution is -2.34. The molecule has 0 fully saturated rings. The van der Waals surface area contributed by atoms with Gasteiger partial charge in [0.2, 0.25) is 0 Å². The van der Waals surface area contributed by atoms with Crippen LogP contribution in [0.1, 0.15) is 31.1 Å². The summed E-state index contributed by atoms with van der Waals surface area (Å²) < 4.78 is 1.53. The summed E-state index contributed by atoms with van der Waals surface area (Å²) >= 11 is 6.31. The Morgan fingerprint density at radius 3 is 2.64 bits per heavy atom. The highest BCUT2D eigenvalue weighted by atomic mass is 35.5. The normalized spacial score (nSPS) is 12.0. The van der Waals surface area contributed by atoms with Crippen LogP contribution in [-0.2, 0) is 6.54 Å². The number of anilines is 2. The highest BCUT2D eigenvalue weighted by Crippen LogP contribution is 2.36. The summed E-state index contributed by atoms with van der Waals surface area (Å²) in [4.78, 5) is 17.9. The Morgan fingerprint density at radius 2 is 2.04 bits per heavy atom. The van der Waals surface area contributed by atoms with Crippen molar-refractivity contribution in [3.05, 3.63) is 52.7 Å². The monoisotopic (exact) mass is 400 g/mol. The van der Waals surface area contributed by atoms with Gasteiger partial charge in [-0.15, -0.1) is 5.10 Å². The molecule has 3 rings (SSSR count). The molecule has 3 N–H and O–H groups in total. The average Bonchev–Trinajstić information content (AvgIpc) is 3.07. The number of carbonyl (C=O) groups is 1. The smallest absolute Gasteiger partial charge is 0.413 e. The number of halogens is 1. The Labute approximate surface area is 167 Å². The van der Waals surface area contributed by atoms with Gasteiger partial charge in [0.25, 0.3) is 0 Å². The van der Waals surface area contributed by atoms with Gasteiger partial charge in [0.1, 0.15) is 0 Å². The second kappa shape index (κ2) is 7.85. The number of hydrogen-bond donors (Lipinski definition) is 2. The minimum absolute atomic E-state index is 0.332. The van der Waals surface area contributed by atoms with Crippen LogP contribution < -0.4 is 10.6 Å². The van der Waals surface area contributed by atoms with Crippen LogP contribution in [-0.4, -0.2) is 31.2 Å². The van der Waals surface area contributed by atoms with E-state index >= 15 is 0 Å². The first-order valence-corrected chi connectivity index (χ1v) is 9.16. The van der Waals surface area contributed by atoms with Gasteiger partial charge in [-0.2, -0.15) is 0 Å². The van der Waals surface area contributed by atoms with E-state index in [0.29, 0.717) is 45.7 Å². The number of aromatic nitrogens is 4. The van der Waals surface area contributed by atoms with Gasteiger partial charge in [0.15, 0.2) is 11.5 Å². The summed E-state index contributed by atoms with van der Waals surface area (Å²) in [5.74, 6) is 0.332. The maximum Gasteiger partial charge on any atom is 0.413 e. The number of pyridine rings is 1. The summed E-state index contributed by atoms with van der Waals surface area (Å²) in [5.41, 5.74) is 8.59. The molecule has 8 nitrogen and oxygen atoms in total. The number of carboxylic acid groups (broad SMARTS) is 1. The molecule has 28 heavy (non-hydrogen) atoms. The average molecular weight is 401 g/mol. The molecule has 0 bridgehead atoms. The van der Waals surface area contributed by atoms with E-state index in [-0.39, 0.29) is 0 Å². The Balaban J connectivity index is 2.18. The molecular formula is C19H21ClN6O2. The Bertz CT molecular complexity index is 1020. The van der Waals surface area contributed by atoms with Crippen LogP contribution in [0.15, 0.2) is 36.4 Å². The summed E-state index contributed by atoms with van der Waals surface area (Å²) in [6, 6.07) is 10.0. The van der Waals surface area contributed by atoms with Crippen molar-refractivity contribution < 1.29 is 9.90 Å². The molecule has 146 valence electrons. The van der Waals surface area contributed by atoms with Crippen molar-refractivity contribution in [3.63, 3.8) is 0 Å².